The van der Waals surface area contributed by atoms with Gasteiger partial charge in [0.2, 0.25) is 5.56 Å². The number of nitrogens with one attached hydrogen (secondary N) is 2. The van der Waals surface area contributed by atoms with Crippen molar-refractivity contribution in [1.29, 1.82) is 0 Å². The van der Waals surface area contributed by atoms with Gasteiger partial charge in [-0.05, 0) is 37.3 Å². The highest BCUT2D eigenvalue weighted by Gasteiger charge is 2.14. The molecule has 0 aliphatic heterocycles. The Morgan fingerprint density at radius 3 is 2.85 bits per heavy atom. The maximum atomic E-state index is 12.5. The first-order valence-electron chi connectivity index (χ1n) is 9.12. The normalized spacial score (nSPS) is 13.3. The molecule has 0 spiro atoms. The van der Waals surface area contributed by atoms with Crippen molar-refractivity contribution in [3.8, 4) is 0 Å². The average molecular weight is 364 g/mol. The summed E-state index contributed by atoms with van der Waals surface area (Å²) in [7, 11) is 0. The highest BCUT2D eigenvalue weighted by Crippen LogP contribution is 2.17. The highest BCUT2D eigenvalue weighted by molar-refractivity contribution is 6.05. The number of rotatable bonds is 4. The SMILES string of the molecule is O=C(NCCn1nc2c(cc1=O)CCCC2)c1cc(=O)[nH]c2ccccc12. The molecular formula is C20H20N4O3. The topological polar surface area (TPSA) is 96.8 Å². The van der Waals surface area contributed by atoms with Gasteiger partial charge in [0.25, 0.3) is 11.5 Å². The molecule has 0 saturated carbocycles. The highest BCUT2D eigenvalue weighted by atomic mass is 16.2. The van der Waals surface area contributed by atoms with Crippen molar-refractivity contribution in [2.24, 2.45) is 0 Å². The summed E-state index contributed by atoms with van der Waals surface area (Å²) in [5.41, 5.74) is 2.48. The van der Waals surface area contributed by atoms with Crippen LogP contribution < -0.4 is 16.4 Å². The van der Waals surface area contributed by atoms with E-state index in [1.807, 2.05) is 6.07 Å². The molecule has 1 aromatic carbocycles. The maximum Gasteiger partial charge on any atom is 0.267 e. The predicted octanol–water partition coefficient (Wildman–Crippen LogP) is 1.39. The van der Waals surface area contributed by atoms with Crippen LogP contribution in [0.15, 0.2) is 46.0 Å². The predicted molar refractivity (Wildman–Crippen MR) is 102 cm³/mol. The summed E-state index contributed by atoms with van der Waals surface area (Å²) in [6.45, 7) is 0.546. The van der Waals surface area contributed by atoms with E-state index in [0.717, 1.165) is 36.9 Å². The van der Waals surface area contributed by atoms with Gasteiger partial charge in [0.05, 0.1) is 17.8 Å². The Hall–Kier alpha value is -3.22. The van der Waals surface area contributed by atoms with Gasteiger partial charge in [-0.2, -0.15) is 5.10 Å². The van der Waals surface area contributed by atoms with Gasteiger partial charge >= 0.3 is 0 Å². The van der Waals surface area contributed by atoms with Crippen LogP contribution in [0.25, 0.3) is 10.9 Å². The standard InChI is InChI=1S/C20H20N4O3/c25-18-12-15(14-6-2-4-8-17(14)22-18)20(27)21-9-10-24-19(26)11-13-5-1-3-7-16(13)23-24/h2,4,6,8,11-12H,1,3,5,7,9-10H2,(H,21,27)(H,22,25). The van der Waals surface area contributed by atoms with Gasteiger partial charge in [-0.3, -0.25) is 14.4 Å². The summed E-state index contributed by atoms with van der Waals surface area (Å²) >= 11 is 0. The van der Waals surface area contributed by atoms with E-state index >= 15 is 0 Å². The molecule has 0 radical (unpaired) electrons. The summed E-state index contributed by atoms with van der Waals surface area (Å²) < 4.78 is 1.40. The Morgan fingerprint density at radius 2 is 1.96 bits per heavy atom. The number of pyridine rings is 1. The Balaban J connectivity index is 1.49. The van der Waals surface area contributed by atoms with E-state index < -0.39 is 0 Å². The lowest BCUT2D eigenvalue weighted by molar-refractivity contribution is 0.0953. The largest absolute Gasteiger partial charge is 0.350 e. The zero-order valence-electron chi connectivity index (χ0n) is 14.8. The second kappa shape index (κ2) is 7.19. The Morgan fingerprint density at radius 1 is 1.15 bits per heavy atom. The molecule has 2 N–H and O–H groups in total. The van der Waals surface area contributed by atoms with Gasteiger partial charge in [0.15, 0.2) is 0 Å². The van der Waals surface area contributed by atoms with Crippen LogP contribution in [-0.2, 0) is 19.4 Å². The molecule has 0 atom stereocenters. The van der Waals surface area contributed by atoms with Crippen molar-refractivity contribution >= 4 is 16.8 Å². The molecule has 0 saturated heterocycles. The monoisotopic (exact) mass is 364 g/mol. The number of para-hydroxylation sites is 1. The van der Waals surface area contributed by atoms with Gasteiger partial charge in [-0.1, -0.05) is 18.2 Å². The smallest absolute Gasteiger partial charge is 0.267 e. The molecule has 1 aliphatic carbocycles. The molecule has 4 rings (SSSR count). The van der Waals surface area contributed by atoms with Gasteiger partial charge in [-0.25, -0.2) is 4.68 Å². The first-order valence-corrected chi connectivity index (χ1v) is 9.12. The molecule has 0 unspecified atom stereocenters. The van der Waals surface area contributed by atoms with Gasteiger partial charge in [0.1, 0.15) is 0 Å². The van der Waals surface area contributed by atoms with E-state index in [1.54, 1.807) is 24.3 Å². The van der Waals surface area contributed by atoms with Crippen LogP contribution in [0.2, 0.25) is 0 Å². The van der Waals surface area contributed by atoms with Crippen LogP contribution in [0.1, 0.15) is 34.5 Å². The number of carbonyl (C=O) groups is 1. The van der Waals surface area contributed by atoms with E-state index in [1.165, 1.54) is 10.7 Å². The third kappa shape index (κ3) is 3.53. The molecule has 1 aliphatic rings. The van der Waals surface area contributed by atoms with E-state index in [4.69, 9.17) is 0 Å². The zero-order chi connectivity index (χ0) is 18.8. The summed E-state index contributed by atoms with van der Waals surface area (Å²) in [6, 6.07) is 10.1. The molecule has 7 nitrogen and oxygen atoms in total. The number of hydrogen-bond acceptors (Lipinski definition) is 4. The van der Waals surface area contributed by atoms with E-state index in [0.29, 0.717) is 23.0 Å². The number of hydrogen-bond donors (Lipinski definition) is 2. The summed E-state index contributed by atoms with van der Waals surface area (Å²) in [5, 5.41) is 7.91. The lowest BCUT2D eigenvalue weighted by atomic mass is 9.97. The third-order valence-corrected chi connectivity index (χ3v) is 4.88. The van der Waals surface area contributed by atoms with Crippen LogP contribution in [0.4, 0.5) is 0 Å². The Labute approximate surface area is 155 Å². The van der Waals surface area contributed by atoms with Gasteiger partial charge < -0.3 is 10.3 Å². The van der Waals surface area contributed by atoms with E-state index in [2.05, 4.69) is 15.4 Å². The minimum atomic E-state index is -0.344. The zero-order valence-corrected chi connectivity index (χ0v) is 14.8. The minimum Gasteiger partial charge on any atom is -0.350 e. The Kier molecular flexibility index (Phi) is 4.58. The number of fused-ring (bicyclic) bond motifs is 2. The minimum absolute atomic E-state index is 0.147. The lowest BCUT2D eigenvalue weighted by Crippen LogP contribution is -2.33. The molecule has 1 amide bonds. The second-order valence-electron chi connectivity index (χ2n) is 6.73. The number of benzene rings is 1. The van der Waals surface area contributed by atoms with Crippen LogP contribution in [0.3, 0.4) is 0 Å². The molecule has 2 heterocycles. The molecule has 7 heteroatoms. The van der Waals surface area contributed by atoms with Crippen LogP contribution in [-0.4, -0.2) is 27.2 Å². The summed E-state index contributed by atoms with van der Waals surface area (Å²) in [5.74, 6) is -0.344. The molecule has 0 fully saturated rings. The van der Waals surface area contributed by atoms with Crippen molar-refractivity contribution in [3.05, 3.63) is 73.9 Å². The number of aromatic amines is 1. The first-order chi connectivity index (χ1) is 13.1. The number of aryl methyl sites for hydroxylation is 2. The number of amides is 1. The molecule has 27 heavy (non-hydrogen) atoms. The lowest BCUT2D eigenvalue weighted by Gasteiger charge is -2.16. The average Bonchev–Trinajstić information content (AvgIpc) is 2.67. The van der Waals surface area contributed by atoms with Crippen molar-refractivity contribution in [1.82, 2.24) is 20.1 Å². The van der Waals surface area contributed by atoms with Gasteiger partial charge in [-0.15, -0.1) is 0 Å². The van der Waals surface area contributed by atoms with Crippen LogP contribution >= 0.6 is 0 Å². The van der Waals surface area contributed by atoms with Crippen molar-refractivity contribution in [2.75, 3.05) is 6.54 Å². The van der Waals surface area contributed by atoms with Crippen LogP contribution in [0.5, 0.6) is 0 Å². The molecule has 3 aromatic rings. The fourth-order valence-corrected chi connectivity index (χ4v) is 3.52. The molecular weight excluding hydrogens is 344 g/mol. The number of carbonyl (C=O) groups excluding carboxylic acids is 1. The maximum absolute atomic E-state index is 12.5. The van der Waals surface area contributed by atoms with Crippen molar-refractivity contribution in [3.63, 3.8) is 0 Å². The summed E-state index contributed by atoms with van der Waals surface area (Å²) in [6.07, 6.45) is 3.98. The Bertz CT molecular complexity index is 1130. The molecule has 0 bridgehead atoms. The fraction of sp³-hybridized carbons (Fsp3) is 0.300. The van der Waals surface area contributed by atoms with Crippen molar-refractivity contribution < 1.29 is 4.79 Å². The fourth-order valence-electron chi connectivity index (χ4n) is 3.52. The van der Waals surface area contributed by atoms with Gasteiger partial charge in [0, 0.05) is 29.6 Å². The molecule has 138 valence electrons. The van der Waals surface area contributed by atoms with Crippen molar-refractivity contribution in [2.45, 2.75) is 32.2 Å². The summed E-state index contributed by atoms with van der Waals surface area (Å²) in [4.78, 5) is 39.3. The van der Waals surface area contributed by atoms with E-state index in [9.17, 15) is 14.4 Å². The van der Waals surface area contributed by atoms with E-state index in [-0.39, 0.29) is 23.6 Å². The number of H-pyrrole nitrogens is 1. The number of aromatic nitrogens is 3. The number of nitrogens with zero attached hydrogens (tertiary/aromatic N) is 2. The second-order valence-corrected chi connectivity index (χ2v) is 6.73. The molecule has 2 aromatic heterocycles. The first kappa shape index (κ1) is 17.2. The quantitative estimate of drug-likeness (QED) is 0.731. The van der Waals surface area contributed by atoms with Crippen LogP contribution in [0, 0.1) is 0 Å². The third-order valence-electron chi connectivity index (χ3n) is 4.88.